The molecule has 8 heteroatoms. The Morgan fingerprint density at radius 1 is 1.14 bits per heavy atom. The van der Waals surface area contributed by atoms with Crippen LogP contribution in [0.2, 0.25) is 0 Å². The first kappa shape index (κ1) is 17.9. The molecular weight excluding hydrogens is 378 g/mol. The standard InChI is InChI=1S/C20H15N3O4S/c1-11-10-13(12(2)27-11)19(25)23-20-22-16(15-7-5-9-26-15)18(28-20)17(24)14-6-3-4-8-21-14/h3-10H,1-2H3,(H,22,23,25). The first-order valence-electron chi connectivity index (χ1n) is 8.41. The number of carbonyl (C=O) groups excluding carboxylic acids is 2. The number of hydrogen-bond donors (Lipinski definition) is 1. The minimum absolute atomic E-state index is 0.286. The van der Waals surface area contributed by atoms with Crippen molar-refractivity contribution < 1.29 is 18.4 Å². The lowest BCUT2D eigenvalue weighted by Gasteiger charge is -1.99. The average Bonchev–Trinajstić information content (AvgIpc) is 3.41. The van der Waals surface area contributed by atoms with Crippen LogP contribution in [0.3, 0.4) is 0 Å². The first-order chi connectivity index (χ1) is 13.5. The van der Waals surface area contributed by atoms with E-state index < -0.39 is 0 Å². The van der Waals surface area contributed by atoms with Crippen LogP contribution in [0.25, 0.3) is 11.5 Å². The SMILES string of the molecule is Cc1cc(C(=O)Nc2nc(-c3ccco3)c(C(=O)c3ccccn3)s2)c(C)o1. The minimum atomic E-state index is -0.356. The van der Waals surface area contributed by atoms with E-state index in [4.69, 9.17) is 8.83 Å². The topological polar surface area (TPSA) is 98.2 Å². The molecule has 7 nitrogen and oxygen atoms in total. The summed E-state index contributed by atoms with van der Waals surface area (Å²) in [5.41, 5.74) is 1.07. The van der Waals surface area contributed by atoms with Crippen LogP contribution in [0.1, 0.15) is 37.2 Å². The number of ketones is 1. The molecule has 4 aromatic heterocycles. The fourth-order valence-corrected chi connectivity index (χ4v) is 3.66. The Labute approximate surface area is 164 Å². The van der Waals surface area contributed by atoms with Crippen LogP contribution in [0.5, 0.6) is 0 Å². The third kappa shape index (κ3) is 3.37. The molecule has 0 radical (unpaired) electrons. The quantitative estimate of drug-likeness (QED) is 0.502. The van der Waals surface area contributed by atoms with E-state index in [0.29, 0.717) is 33.4 Å². The number of nitrogens with one attached hydrogen (secondary N) is 1. The van der Waals surface area contributed by atoms with Gasteiger partial charge in [-0.15, -0.1) is 0 Å². The molecular formula is C20H15N3O4S. The number of rotatable bonds is 5. The van der Waals surface area contributed by atoms with E-state index in [-0.39, 0.29) is 22.5 Å². The molecule has 4 aromatic rings. The van der Waals surface area contributed by atoms with Gasteiger partial charge in [0.1, 0.15) is 27.8 Å². The summed E-state index contributed by atoms with van der Waals surface area (Å²) < 4.78 is 10.8. The normalized spacial score (nSPS) is 10.8. The Hall–Kier alpha value is -3.52. The zero-order valence-corrected chi connectivity index (χ0v) is 15.9. The van der Waals surface area contributed by atoms with E-state index in [1.165, 1.54) is 6.26 Å². The number of anilines is 1. The highest BCUT2D eigenvalue weighted by atomic mass is 32.1. The monoisotopic (exact) mass is 393 g/mol. The van der Waals surface area contributed by atoms with Crippen molar-refractivity contribution in [3.05, 3.63) is 76.5 Å². The number of aryl methyl sites for hydroxylation is 2. The summed E-state index contributed by atoms with van der Waals surface area (Å²) in [6.45, 7) is 3.49. The van der Waals surface area contributed by atoms with Crippen LogP contribution >= 0.6 is 11.3 Å². The summed E-state index contributed by atoms with van der Waals surface area (Å²) in [4.78, 5) is 34.4. The van der Waals surface area contributed by atoms with Gasteiger partial charge in [0.15, 0.2) is 10.9 Å². The molecule has 140 valence electrons. The first-order valence-corrected chi connectivity index (χ1v) is 9.23. The Morgan fingerprint density at radius 3 is 2.64 bits per heavy atom. The van der Waals surface area contributed by atoms with Crippen molar-refractivity contribution >= 4 is 28.2 Å². The molecule has 1 amide bonds. The Morgan fingerprint density at radius 2 is 2.00 bits per heavy atom. The molecule has 0 fully saturated rings. The Bertz CT molecular complexity index is 1140. The number of aromatic nitrogens is 2. The fraction of sp³-hybridized carbons (Fsp3) is 0.100. The molecule has 4 rings (SSSR count). The summed E-state index contributed by atoms with van der Waals surface area (Å²) >= 11 is 1.07. The summed E-state index contributed by atoms with van der Waals surface area (Å²) in [5.74, 6) is 0.948. The van der Waals surface area contributed by atoms with Gasteiger partial charge in [-0.25, -0.2) is 4.98 Å². The van der Waals surface area contributed by atoms with Crippen LogP contribution < -0.4 is 5.32 Å². The van der Waals surface area contributed by atoms with Crippen molar-refractivity contribution in [1.29, 1.82) is 0 Å². The fourth-order valence-electron chi connectivity index (χ4n) is 2.74. The van der Waals surface area contributed by atoms with Gasteiger partial charge < -0.3 is 8.83 Å². The van der Waals surface area contributed by atoms with Gasteiger partial charge in [-0.05, 0) is 44.2 Å². The Kier molecular flexibility index (Phi) is 4.62. The number of amides is 1. The molecule has 0 atom stereocenters. The van der Waals surface area contributed by atoms with Crippen molar-refractivity contribution in [3.8, 4) is 11.5 Å². The molecule has 0 aliphatic carbocycles. The van der Waals surface area contributed by atoms with Crippen LogP contribution in [-0.4, -0.2) is 21.7 Å². The lowest BCUT2D eigenvalue weighted by Crippen LogP contribution is -2.11. The van der Waals surface area contributed by atoms with E-state index in [0.717, 1.165) is 11.3 Å². The highest BCUT2D eigenvalue weighted by molar-refractivity contribution is 7.18. The highest BCUT2D eigenvalue weighted by Crippen LogP contribution is 2.33. The van der Waals surface area contributed by atoms with Gasteiger partial charge in [0.25, 0.3) is 5.91 Å². The molecule has 0 spiro atoms. The zero-order valence-electron chi connectivity index (χ0n) is 15.1. The van der Waals surface area contributed by atoms with E-state index in [9.17, 15) is 9.59 Å². The second-order valence-corrected chi connectivity index (χ2v) is 7.00. The third-order valence-corrected chi connectivity index (χ3v) is 4.96. The summed E-state index contributed by atoms with van der Waals surface area (Å²) in [6.07, 6.45) is 3.05. The molecule has 4 heterocycles. The molecule has 0 bridgehead atoms. The van der Waals surface area contributed by atoms with Crippen molar-refractivity contribution in [2.45, 2.75) is 13.8 Å². The third-order valence-electron chi connectivity index (χ3n) is 3.99. The number of furan rings is 2. The van der Waals surface area contributed by atoms with Gasteiger partial charge in [-0.2, -0.15) is 0 Å². The van der Waals surface area contributed by atoms with Crippen LogP contribution in [0, 0.1) is 13.8 Å². The average molecular weight is 393 g/mol. The van der Waals surface area contributed by atoms with Gasteiger partial charge in [0.05, 0.1) is 11.8 Å². The van der Waals surface area contributed by atoms with Crippen molar-refractivity contribution in [3.63, 3.8) is 0 Å². The van der Waals surface area contributed by atoms with Crippen molar-refractivity contribution in [2.75, 3.05) is 5.32 Å². The lowest BCUT2D eigenvalue weighted by molar-refractivity contribution is 0.102. The number of hydrogen-bond acceptors (Lipinski definition) is 7. The van der Waals surface area contributed by atoms with Crippen LogP contribution in [0.15, 0.2) is 57.7 Å². The predicted molar refractivity (Wildman–Crippen MR) is 104 cm³/mol. The molecule has 1 N–H and O–H groups in total. The molecule has 0 saturated heterocycles. The van der Waals surface area contributed by atoms with Gasteiger partial charge in [0, 0.05) is 6.20 Å². The van der Waals surface area contributed by atoms with Crippen LogP contribution in [-0.2, 0) is 0 Å². The molecule has 0 aromatic carbocycles. The van der Waals surface area contributed by atoms with Crippen molar-refractivity contribution in [2.24, 2.45) is 0 Å². The maximum Gasteiger partial charge on any atom is 0.260 e. The van der Waals surface area contributed by atoms with Gasteiger partial charge >= 0.3 is 0 Å². The molecule has 0 aliphatic rings. The smallest absolute Gasteiger partial charge is 0.260 e. The minimum Gasteiger partial charge on any atom is -0.466 e. The molecule has 0 aliphatic heterocycles. The van der Waals surface area contributed by atoms with Gasteiger partial charge in [0.2, 0.25) is 5.78 Å². The van der Waals surface area contributed by atoms with Gasteiger partial charge in [-0.1, -0.05) is 17.4 Å². The summed E-state index contributed by atoms with van der Waals surface area (Å²) in [5, 5.41) is 3.02. The van der Waals surface area contributed by atoms with Crippen LogP contribution in [0.4, 0.5) is 5.13 Å². The molecule has 0 unspecified atom stereocenters. The maximum atomic E-state index is 12.9. The van der Waals surface area contributed by atoms with Crippen molar-refractivity contribution in [1.82, 2.24) is 9.97 Å². The number of carbonyl (C=O) groups is 2. The second kappa shape index (κ2) is 7.24. The molecule has 0 saturated carbocycles. The van der Waals surface area contributed by atoms with E-state index in [2.05, 4.69) is 15.3 Å². The predicted octanol–water partition coefficient (Wildman–Crippen LogP) is 4.49. The second-order valence-electron chi connectivity index (χ2n) is 6.00. The molecule has 28 heavy (non-hydrogen) atoms. The van der Waals surface area contributed by atoms with E-state index in [1.807, 2.05) is 0 Å². The summed E-state index contributed by atoms with van der Waals surface area (Å²) in [6, 6.07) is 10.2. The highest BCUT2D eigenvalue weighted by Gasteiger charge is 2.24. The van der Waals surface area contributed by atoms with E-state index >= 15 is 0 Å². The number of pyridine rings is 1. The van der Waals surface area contributed by atoms with Gasteiger partial charge in [-0.3, -0.25) is 19.9 Å². The largest absolute Gasteiger partial charge is 0.466 e. The zero-order chi connectivity index (χ0) is 19.7. The summed E-state index contributed by atoms with van der Waals surface area (Å²) in [7, 11) is 0. The maximum absolute atomic E-state index is 12.9. The Balaban J connectivity index is 1.71. The lowest BCUT2D eigenvalue weighted by atomic mass is 10.1. The van der Waals surface area contributed by atoms with E-state index in [1.54, 1.807) is 56.4 Å². The number of thiazole rings is 1. The number of nitrogens with zero attached hydrogens (tertiary/aromatic N) is 2.